The second kappa shape index (κ2) is 6.53. The predicted molar refractivity (Wildman–Crippen MR) is 76.9 cm³/mol. The number of nitrogens with zero attached hydrogens (tertiary/aromatic N) is 1. The summed E-state index contributed by atoms with van der Waals surface area (Å²) in [4.78, 5) is 11.7. The number of nitrogens with one attached hydrogen (secondary N) is 1. The number of phenols is 2. The van der Waals surface area contributed by atoms with Crippen LogP contribution < -0.4 is 5.43 Å². The minimum Gasteiger partial charge on any atom is -0.508 e. The van der Waals surface area contributed by atoms with Crippen molar-refractivity contribution < 1.29 is 20.1 Å². The molecule has 0 aromatic heterocycles. The van der Waals surface area contributed by atoms with E-state index in [1.165, 1.54) is 24.4 Å². The van der Waals surface area contributed by atoms with Crippen LogP contribution in [0.2, 0.25) is 0 Å². The first kappa shape index (κ1) is 14.5. The van der Waals surface area contributed by atoms with Crippen LogP contribution in [0.4, 0.5) is 0 Å². The Bertz CT molecular complexity index is 656. The number of hydrogen-bond acceptors (Lipinski definition) is 5. The fourth-order valence-corrected chi connectivity index (χ4v) is 1.66. The van der Waals surface area contributed by atoms with Crippen LogP contribution in [0.5, 0.6) is 11.5 Å². The number of hydrazone groups is 1. The molecule has 0 aliphatic rings. The molecule has 2 rings (SSSR count). The topological polar surface area (TPSA) is 102 Å². The van der Waals surface area contributed by atoms with Crippen LogP contribution in [0.3, 0.4) is 0 Å². The van der Waals surface area contributed by atoms with Crippen molar-refractivity contribution in [2.75, 3.05) is 0 Å². The molecule has 4 N–H and O–H groups in total. The van der Waals surface area contributed by atoms with Crippen molar-refractivity contribution in [3.63, 3.8) is 0 Å². The number of aliphatic hydroxyl groups excluding tert-OH is 1. The normalized spacial score (nSPS) is 12.2. The summed E-state index contributed by atoms with van der Waals surface area (Å²) in [6.45, 7) is 0. The van der Waals surface area contributed by atoms with Crippen LogP contribution in [0, 0.1) is 0 Å². The van der Waals surface area contributed by atoms with Gasteiger partial charge in [-0.15, -0.1) is 0 Å². The van der Waals surface area contributed by atoms with Gasteiger partial charge in [-0.1, -0.05) is 30.3 Å². The molecule has 2 aromatic carbocycles. The van der Waals surface area contributed by atoms with E-state index in [9.17, 15) is 20.1 Å². The van der Waals surface area contributed by atoms with Crippen molar-refractivity contribution in [1.82, 2.24) is 5.43 Å². The third-order valence-electron chi connectivity index (χ3n) is 2.75. The molecule has 0 aliphatic carbocycles. The number of amides is 1. The lowest BCUT2D eigenvalue weighted by molar-refractivity contribution is -0.129. The van der Waals surface area contributed by atoms with Crippen LogP contribution in [0.25, 0.3) is 0 Å². The third kappa shape index (κ3) is 3.80. The van der Waals surface area contributed by atoms with E-state index < -0.39 is 12.0 Å². The molecule has 6 heteroatoms. The van der Waals surface area contributed by atoms with Crippen molar-refractivity contribution in [3.8, 4) is 11.5 Å². The van der Waals surface area contributed by atoms with Gasteiger partial charge >= 0.3 is 0 Å². The first-order valence-electron chi connectivity index (χ1n) is 6.16. The van der Waals surface area contributed by atoms with E-state index in [1.807, 2.05) is 0 Å². The number of hydrogen-bond donors (Lipinski definition) is 4. The highest BCUT2D eigenvalue weighted by atomic mass is 16.3. The highest BCUT2D eigenvalue weighted by molar-refractivity contribution is 5.87. The lowest BCUT2D eigenvalue weighted by Crippen LogP contribution is -2.25. The zero-order valence-corrected chi connectivity index (χ0v) is 11.0. The number of phenolic OH excluding ortho intramolecular Hbond substituents is 2. The maximum absolute atomic E-state index is 11.7. The highest BCUT2D eigenvalue weighted by Crippen LogP contribution is 2.20. The number of rotatable bonds is 4. The average molecular weight is 286 g/mol. The van der Waals surface area contributed by atoms with Gasteiger partial charge in [0.05, 0.1) is 6.21 Å². The molecule has 0 spiro atoms. The second-order valence-corrected chi connectivity index (χ2v) is 4.29. The Kier molecular flexibility index (Phi) is 4.53. The summed E-state index contributed by atoms with van der Waals surface area (Å²) in [7, 11) is 0. The van der Waals surface area contributed by atoms with Gasteiger partial charge in [0.2, 0.25) is 0 Å². The van der Waals surface area contributed by atoms with Gasteiger partial charge in [-0.2, -0.15) is 5.10 Å². The van der Waals surface area contributed by atoms with Gasteiger partial charge in [0, 0.05) is 5.56 Å². The van der Waals surface area contributed by atoms with E-state index in [-0.39, 0.29) is 17.1 Å². The number of carbonyl (C=O) groups is 1. The van der Waals surface area contributed by atoms with Gasteiger partial charge in [0.15, 0.2) is 6.10 Å². The molecular weight excluding hydrogens is 272 g/mol. The van der Waals surface area contributed by atoms with Crippen LogP contribution in [-0.4, -0.2) is 27.4 Å². The molecule has 0 radical (unpaired) electrons. The molecule has 1 atom stereocenters. The molecule has 21 heavy (non-hydrogen) atoms. The summed E-state index contributed by atoms with van der Waals surface area (Å²) < 4.78 is 0. The molecule has 0 saturated heterocycles. The van der Waals surface area contributed by atoms with Crippen molar-refractivity contribution in [2.45, 2.75) is 6.10 Å². The summed E-state index contributed by atoms with van der Waals surface area (Å²) in [5.74, 6) is -0.823. The summed E-state index contributed by atoms with van der Waals surface area (Å²) in [5, 5.41) is 32.2. The van der Waals surface area contributed by atoms with Gasteiger partial charge in [0.1, 0.15) is 11.5 Å². The average Bonchev–Trinajstić information content (AvgIpc) is 2.50. The van der Waals surface area contributed by atoms with E-state index in [1.54, 1.807) is 30.3 Å². The molecular formula is C15H14N2O4. The quantitative estimate of drug-likeness (QED) is 0.386. The Balaban J connectivity index is 2.01. The van der Waals surface area contributed by atoms with Crippen LogP contribution in [0.15, 0.2) is 53.6 Å². The minimum atomic E-state index is -1.33. The smallest absolute Gasteiger partial charge is 0.273 e. The zero-order valence-electron chi connectivity index (χ0n) is 11.0. The highest BCUT2D eigenvalue weighted by Gasteiger charge is 2.15. The molecule has 1 amide bonds. The Morgan fingerprint density at radius 2 is 1.86 bits per heavy atom. The number of aromatic hydroxyl groups is 2. The Morgan fingerprint density at radius 1 is 1.14 bits per heavy atom. The fourth-order valence-electron chi connectivity index (χ4n) is 1.66. The van der Waals surface area contributed by atoms with Gasteiger partial charge in [-0.3, -0.25) is 4.79 Å². The Labute approximate surface area is 121 Å². The van der Waals surface area contributed by atoms with Gasteiger partial charge in [0.25, 0.3) is 5.91 Å². The predicted octanol–water partition coefficient (Wildman–Crippen LogP) is 1.28. The van der Waals surface area contributed by atoms with Crippen LogP contribution in [-0.2, 0) is 4.79 Å². The van der Waals surface area contributed by atoms with E-state index >= 15 is 0 Å². The SMILES string of the molecule is O=C(N/N=C/c1cc(O)ccc1O)[C@@H](O)c1ccccc1. The van der Waals surface area contributed by atoms with Gasteiger partial charge < -0.3 is 15.3 Å². The monoisotopic (exact) mass is 286 g/mol. The second-order valence-electron chi connectivity index (χ2n) is 4.29. The lowest BCUT2D eigenvalue weighted by atomic mass is 10.1. The van der Waals surface area contributed by atoms with Gasteiger partial charge in [-0.05, 0) is 23.8 Å². The van der Waals surface area contributed by atoms with Crippen molar-refractivity contribution in [3.05, 3.63) is 59.7 Å². The Hall–Kier alpha value is -2.86. The zero-order chi connectivity index (χ0) is 15.2. The number of benzene rings is 2. The van der Waals surface area contributed by atoms with Crippen molar-refractivity contribution in [2.24, 2.45) is 5.10 Å². The molecule has 0 heterocycles. The van der Waals surface area contributed by atoms with Crippen LogP contribution in [0.1, 0.15) is 17.2 Å². The van der Waals surface area contributed by atoms with E-state index in [4.69, 9.17) is 0 Å². The van der Waals surface area contributed by atoms with Crippen LogP contribution >= 0.6 is 0 Å². The summed E-state index contributed by atoms with van der Waals surface area (Å²) in [6.07, 6.45) is -0.161. The standard InChI is InChI=1S/C15H14N2O4/c18-12-6-7-13(19)11(8-12)9-16-17-15(21)14(20)10-4-2-1-3-5-10/h1-9,14,18-20H,(H,17,21)/b16-9+/t14-/m0/s1. The van der Waals surface area contributed by atoms with E-state index in [2.05, 4.69) is 10.5 Å². The summed E-state index contributed by atoms with van der Waals surface area (Å²) >= 11 is 0. The van der Waals surface area contributed by atoms with Crippen molar-refractivity contribution >= 4 is 12.1 Å². The third-order valence-corrected chi connectivity index (χ3v) is 2.75. The van der Waals surface area contributed by atoms with E-state index in [0.717, 1.165) is 0 Å². The molecule has 0 unspecified atom stereocenters. The Morgan fingerprint density at radius 3 is 2.57 bits per heavy atom. The summed E-state index contributed by atoms with van der Waals surface area (Å²) in [6, 6.07) is 12.3. The first-order chi connectivity index (χ1) is 10.1. The molecule has 0 saturated carbocycles. The minimum absolute atomic E-state index is 0.0371. The van der Waals surface area contributed by atoms with Gasteiger partial charge in [-0.25, -0.2) is 5.43 Å². The molecule has 108 valence electrons. The first-order valence-corrected chi connectivity index (χ1v) is 6.16. The largest absolute Gasteiger partial charge is 0.508 e. The maximum atomic E-state index is 11.7. The number of aliphatic hydroxyl groups is 1. The lowest BCUT2D eigenvalue weighted by Gasteiger charge is -2.08. The molecule has 6 nitrogen and oxygen atoms in total. The number of carbonyl (C=O) groups excluding carboxylic acids is 1. The fraction of sp³-hybridized carbons (Fsp3) is 0.0667. The molecule has 0 aliphatic heterocycles. The summed E-state index contributed by atoms with van der Waals surface area (Å²) in [5.41, 5.74) is 2.85. The molecule has 2 aromatic rings. The van der Waals surface area contributed by atoms with E-state index in [0.29, 0.717) is 5.56 Å². The molecule has 0 bridgehead atoms. The van der Waals surface area contributed by atoms with Crippen molar-refractivity contribution in [1.29, 1.82) is 0 Å². The molecule has 0 fully saturated rings. The maximum Gasteiger partial charge on any atom is 0.273 e.